The average molecular weight is 387 g/mol. The summed E-state index contributed by atoms with van der Waals surface area (Å²) in [7, 11) is 0. The maximum absolute atomic E-state index is 13.2. The molecule has 3 rings (SSSR count). The Hall–Kier alpha value is -3.29. The standard InChI is InChI=1S/C20H20F3N5/c1-12(2)13-7-9-14(10-8-13)27-18-17(24)19(26-11-25-18)28-16-6-4-3-5-15(16)20(21,22)23/h3-12H,24H2,1-2H3,(H2,25,26,27,28). The van der Waals surface area contributed by atoms with Gasteiger partial charge in [0.15, 0.2) is 11.6 Å². The third-order valence-electron chi connectivity index (χ3n) is 4.21. The molecule has 1 aromatic heterocycles. The van der Waals surface area contributed by atoms with E-state index in [4.69, 9.17) is 5.73 Å². The third kappa shape index (κ3) is 4.33. The van der Waals surface area contributed by atoms with Crippen LogP contribution < -0.4 is 16.4 Å². The molecule has 1 heterocycles. The van der Waals surface area contributed by atoms with Crippen molar-refractivity contribution in [1.82, 2.24) is 9.97 Å². The smallest absolute Gasteiger partial charge is 0.393 e. The average Bonchev–Trinajstić information content (AvgIpc) is 2.65. The van der Waals surface area contributed by atoms with Crippen molar-refractivity contribution in [3.05, 3.63) is 66.0 Å². The Morgan fingerprint density at radius 1 is 0.893 bits per heavy atom. The fraction of sp³-hybridized carbons (Fsp3) is 0.200. The largest absolute Gasteiger partial charge is 0.418 e. The Bertz CT molecular complexity index is 953. The van der Waals surface area contributed by atoms with E-state index >= 15 is 0 Å². The van der Waals surface area contributed by atoms with Crippen LogP contribution in [0.4, 0.5) is 41.9 Å². The normalized spacial score (nSPS) is 11.5. The second-order valence-electron chi connectivity index (χ2n) is 6.55. The number of nitrogens with one attached hydrogen (secondary N) is 2. The molecular formula is C20H20F3N5. The van der Waals surface area contributed by atoms with Crippen LogP contribution in [0.1, 0.15) is 30.9 Å². The van der Waals surface area contributed by atoms with Gasteiger partial charge in [-0.15, -0.1) is 0 Å². The van der Waals surface area contributed by atoms with Gasteiger partial charge in [0.05, 0.1) is 11.3 Å². The molecule has 0 aliphatic carbocycles. The summed E-state index contributed by atoms with van der Waals surface area (Å²) in [4.78, 5) is 8.08. The number of nitrogen functional groups attached to an aromatic ring is 1. The first kappa shape index (κ1) is 19.5. The van der Waals surface area contributed by atoms with Crippen LogP contribution in [0, 0.1) is 0 Å². The van der Waals surface area contributed by atoms with Gasteiger partial charge >= 0.3 is 6.18 Å². The fourth-order valence-electron chi connectivity index (χ4n) is 2.65. The quantitative estimate of drug-likeness (QED) is 0.524. The summed E-state index contributed by atoms with van der Waals surface area (Å²) in [5.41, 5.74) is 7.22. The number of anilines is 5. The molecule has 0 aliphatic rings. The number of para-hydroxylation sites is 1. The van der Waals surface area contributed by atoms with Crippen molar-refractivity contribution in [3.63, 3.8) is 0 Å². The van der Waals surface area contributed by atoms with E-state index in [9.17, 15) is 13.2 Å². The lowest BCUT2D eigenvalue weighted by atomic mass is 10.0. The summed E-state index contributed by atoms with van der Waals surface area (Å²) < 4.78 is 39.6. The maximum Gasteiger partial charge on any atom is 0.418 e. The molecule has 0 fully saturated rings. The summed E-state index contributed by atoms with van der Waals surface area (Å²) in [6.07, 6.45) is -3.26. The molecular weight excluding hydrogens is 367 g/mol. The minimum atomic E-state index is -4.50. The minimum Gasteiger partial charge on any atom is -0.393 e. The van der Waals surface area contributed by atoms with Gasteiger partial charge in [-0.2, -0.15) is 13.2 Å². The zero-order valence-electron chi connectivity index (χ0n) is 15.4. The number of nitrogens with two attached hydrogens (primary N) is 1. The molecule has 0 unspecified atom stereocenters. The molecule has 28 heavy (non-hydrogen) atoms. The highest BCUT2D eigenvalue weighted by Gasteiger charge is 2.33. The molecule has 5 nitrogen and oxygen atoms in total. The van der Waals surface area contributed by atoms with E-state index in [1.165, 1.54) is 30.1 Å². The number of halogens is 3. The summed E-state index contributed by atoms with van der Waals surface area (Å²) in [5, 5.41) is 5.73. The molecule has 0 amide bonds. The van der Waals surface area contributed by atoms with Crippen LogP contribution >= 0.6 is 0 Å². The summed E-state index contributed by atoms with van der Waals surface area (Å²) >= 11 is 0. The number of hydrogen-bond acceptors (Lipinski definition) is 5. The summed E-state index contributed by atoms with van der Waals surface area (Å²) in [6, 6.07) is 12.9. The van der Waals surface area contributed by atoms with Crippen molar-refractivity contribution in [3.8, 4) is 0 Å². The number of benzene rings is 2. The molecule has 0 aliphatic heterocycles. The van der Waals surface area contributed by atoms with Crippen molar-refractivity contribution in [2.24, 2.45) is 0 Å². The van der Waals surface area contributed by atoms with Gasteiger partial charge in [0.2, 0.25) is 0 Å². The first-order valence-corrected chi connectivity index (χ1v) is 8.66. The SMILES string of the molecule is CC(C)c1ccc(Nc2ncnc(Nc3ccccc3C(F)(F)F)c2N)cc1. The van der Waals surface area contributed by atoms with Gasteiger partial charge in [-0.3, -0.25) is 0 Å². The monoisotopic (exact) mass is 387 g/mol. The van der Waals surface area contributed by atoms with Crippen LogP contribution in [-0.4, -0.2) is 9.97 Å². The Kier molecular flexibility index (Phi) is 5.39. The van der Waals surface area contributed by atoms with Crippen LogP contribution in [-0.2, 0) is 6.18 Å². The summed E-state index contributed by atoms with van der Waals surface area (Å²) in [5.74, 6) is 0.801. The molecule has 0 saturated heterocycles. The highest BCUT2D eigenvalue weighted by molar-refractivity contribution is 5.80. The van der Waals surface area contributed by atoms with Crippen molar-refractivity contribution < 1.29 is 13.2 Å². The zero-order valence-corrected chi connectivity index (χ0v) is 15.4. The van der Waals surface area contributed by atoms with Crippen molar-refractivity contribution in [1.29, 1.82) is 0 Å². The predicted molar refractivity (Wildman–Crippen MR) is 105 cm³/mol. The van der Waals surface area contributed by atoms with E-state index in [0.717, 1.165) is 11.8 Å². The minimum absolute atomic E-state index is 0.0907. The highest BCUT2D eigenvalue weighted by atomic mass is 19.4. The van der Waals surface area contributed by atoms with Gasteiger partial charge in [0.25, 0.3) is 0 Å². The predicted octanol–water partition coefficient (Wildman–Crippen LogP) is 5.69. The van der Waals surface area contributed by atoms with Gasteiger partial charge in [-0.05, 0) is 35.7 Å². The Morgan fingerprint density at radius 2 is 1.50 bits per heavy atom. The number of hydrogen-bond donors (Lipinski definition) is 3. The van der Waals surface area contributed by atoms with Crippen LogP contribution in [0.5, 0.6) is 0 Å². The van der Waals surface area contributed by atoms with E-state index in [-0.39, 0.29) is 17.2 Å². The van der Waals surface area contributed by atoms with Gasteiger partial charge in [-0.25, -0.2) is 9.97 Å². The van der Waals surface area contributed by atoms with Crippen LogP contribution in [0.3, 0.4) is 0 Å². The fourth-order valence-corrected chi connectivity index (χ4v) is 2.65. The third-order valence-corrected chi connectivity index (χ3v) is 4.21. The molecule has 2 aromatic carbocycles. The molecule has 3 aromatic rings. The molecule has 0 radical (unpaired) electrons. The molecule has 0 bridgehead atoms. The Morgan fingerprint density at radius 3 is 2.11 bits per heavy atom. The van der Waals surface area contributed by atoms with Crippen molar-refractivity contribution in [2.45, 2.75) is 25.9 Å². The topological polar surface area (TPSA) is 75.9 Å². The molecule has 0 spiro atoms. The summed E-state index contributed by atoms with van der Waals surface area (Å²) in [6.45, 7) is 4.20. The lowest BCUT2D eigenvalue weighted by molar-refractivity contribution is -0.136. The van der Waals surface area contributed by atoms with E-state index in [2.05, 4.69) is 34.4 Å². The lowest BCUT2D eigenvalue weighted by Crippen LogP contribution is -2.10. The van der Waals surface area contributed by atoms with E-state index in [1.807, 2.05) is 24.3 Å². The van der Waals surface area contributed by atoms with Crippen molar-refractivity contribution in [2.75, 3.05) is 16.4 Å². The molecule has 146 valence electrons. The van der Waals surface area contributed by atoms with Gasteiger partial charge in [0.1, 0.15) is 12.0 Å². The van der Waals surface area contributed by atoms with E-state index in [1.54, 1.807) is 0 Å². The molecule has 8 heteroatoms. The number of alkyl halides is 3. The van der Waals surface area contributed by atoms with Gasteiger partial charge in [0, 0.05) is 5.69 Å². The van der Waals surface area contributed by atoms with Gasteiger partial charge < -0.3 is 16.4 Å². The highest BCUT2D eigenvalue weighted by Crippen LogP contribution is 2.37. The second kappa shape index (κ2) is 7.75. The molecule has 0 saturated carbocycles. The van der Waals surface area contributed by atoms with Crippen LogP contribution in [0.2, 0.25) is 0 Å². The number of rotatable bonds is 5. The first-order chi connectivity index (χ1) is 13.3. The first-order valence-electron chi connectivity index (χ1n) is 8.66. The lowest BCUT2D eigenvalue weighted by Gasteiger charge is -2.16. The van der Waals surface area contributed by atoms with Crippen LogP contribution in [0.15, 0.2) is 54.9 Å². The Labute approximate surface area is 160 Å². The van der Waals surface area contributed by atoms with Crippen molar-refractivity contribution >= 4 is 28.7 Å². The zero-order chi connectivity index (χ0) is 20.3. The van der Waals surface area contributed by atoms with E-state index < -0.39 is 11.7 Å². The second-order valence-corrected chi connectivity index (χ2v) is 6.55. The Balaban J connectivity index is 1.86. The molecule has 4 N–H and O–H groups in total. The van der Waals surface area contributed by atoms with E-state index in [0.29, 0.717) is 11.7 Å². The maximum atomic E-state index is 13.2. The number of nitrogens with zero attached hydrogens (tertiary/aromatic N) is 2. The van der Waals surface area contributed by atoms with Gasteiger partial charge in [-0.1, -0.05) is 38.1 Å². The number of aromatic nitrogens is 2. The molecule has 0 atom stereocenters. The van der Waals surface area contributed by atoms with Crippen LogP contribution in [0.25, 0.3) is 0 Å².